The van der Waals surface area contributed by atoms with E-state index in [0.717, 1.165) is 37.1 Å². The summed E-state index contributed by atoms with van der Waals surface area (Å²) in [7, 11) is 0. The van der Waals surface area contributed by atoms with Crippen molar-refractivity contribution in [1.82, 2.24) is 20.2 Å². The Kier molecular flexibility index (Phi) is 7.62. The first-order valence-corrected chi connectivity index (χ1v) is 14.0. The fourth-order valence-corrected chi connectivity index (χ4v) is 5.24. The second-order valence-electron chi connectivity index (χ2n) is 10.5. The summed E-state index contributed by atoms with van der Waals surface area (Å²) in [6, 6.07) is 10.9. The van der Waals surface area contributed by atoms with Crippen LogP contribution in [0.3, 0.4) is 0 Å². The van der Waals surface area contributed by atoms with E-state index in [0.29, 0.717) is 45.1 Å². The number of piperidine rings is 1. The Morgan fingerprint density at radius 3 is 2.33 bits per heavy atom. The molecule has 2 aromatic heterocycles. The lowest BCUT2D eigenvalue weighted by Crippen LogP contribution is -2.50. The number of carbonyl (C=O) groups is 2. The molecule has 5 heterocycles. The van der Waals surface area contributed by atoms with Crippen LogP contribution in [0.1, 0.15) is 47.1 Å². The molecule has 14 heteroatoms. The number of oxazole rings is 1. The number of anilines is 4. The van der Waals surface area contributed by atoms with Crippen LogP contribution in [-0.4, -0.2) is 72.6 Å². The van der Waals surface area contributed by atoms with Gasteiger partial charge in [-0.2, -0.15) is 18.2 Å². The van der Waals surface area contributed by atoms with Crippen molar-refractivity contribution in [2.45, 2.75) is 31.5 Å². The third-order valence-electron chi connectivity index (χ3n) is 7.60. The van der Waals surface area contributed by atoms with E-state index in [1.165, 1.54) is 6.20 Å². The first-order valence-electron chi connectivity index (χ1n) is 14.0. The van der Waals surface area contributed by atoms with Crippen LogP contribution in [0.15, 0.2) is 47.0 Å². The van der Waals surface area contributed by atoms with Crippen LogP contribution in [0.5, 0.6) is 0 Å². The molecule has 3 amide bonds. The summed E-state index contributed by atoms with van der Waals surface area (Å²) >= 11 is 0. The number of nitrogens with one attached hydrogen (secondary N) is 3. The molecule has 3 N–H and O–H groups in total. The molecule has 0 unspecified atom stereocenters. The van der Waals surface area contributed by atoms with Crippen molar-refractivity contribution in [2.24, 2.45) is 0 Å². The van der Waals surface area contributed by atoms with Gasteiger partial charge < -0.3 is 35.1 Å². The third-order valence-corrected chi connectivity index (χ3v) is 7.60. The molecular formula is C28H31F3N8O3. The topological polar surface area (TPSA) is 129 Å². The first-order chi connectivity index (χ1) is 20.3. The fourth-order valence-electron chi connectivity index (χ4n) is 5.24. The molecule has 0 saturated carbocycles. The molecule has 0 bridgehead atoms. The van der Waals surface area contributed by atoms with Crippen LogP contribution < -0.4 is 25.8 Å². The maximum atomic E-state index is 13.7. The number of amides is 3. The number of hydrogen-bond acceptors (Lipinski definition) is 8. The van der Waals surface area contributed by atoms with Gasteiger partial charge in [0.05, 0.1) is 11.9 Å². The Hall–Kier alpha value is -4.33. The average Bonchev–Trinajstić information content (AvgIpc) is 3.74. The van der Waals surface area contributed by atoms with Gasteiger partial charge in [0.25, 0.3) is 11.9 Å². The number of carbonyl (C=O) groups excluding carboxylic acids is 2. The lowest BCUT2D eigenvalue weighted by Gasteiger charge is -2.35. The van der Waals surface area contributed by atoms with E-state index < -0.39 is 23.5 Å². The number of benzene rings is 1. The van der Waals surface area contributed by atoms with Crippen molar-refractivity contribution in [2.75, 3.05) is 66.2 Å². The quantitative estimate of drug-likeness (QED) is 0.366. The summed E-state index contributed by atoms with van der Waals surface area (Å²) in [5.74, 6) is -1.30. The SMILES string of the molecule is O=C(Nc1ccc(N2CCN(C(=O)Nc3ccccc3[C@H]3CN3)CC2)nc1)c1oc(N2CCCCC2)nc1C(F)(F)F. The van der Waals surface area contributed by atoms with Gasteiger partial charge in [0.15, 0.2) is 5.69 Å². The number of rotatable bonds is 6. The highest BCUT2D eigenvalue weighted by atomic mass is 19.4. The van der Waals surface area contributed by atoms with Gasteiger partial charge in [0, 0.05) is 57.5 Å². The van der Waals surface area contributed by atoms with Gasteiger partial charge in [0.2, 0.25) is 5.76 Å². The minimum absolute atomic E-state index is 0.164. The number of aromatic nitrogens is 2. The summed E-state index contributed by atoms with van der Waals surface area (Å²) in [6.45, 7) is 4.01. The van der Waals surface area contributed by atoms with Crippen molar-refractivity contribution in [3.8, 4) is 0 Å². The third kappa shape index (κ3) is 6.12. The molecule has 3 aliphatic rings. The standard InChI is InChI=1S/C28H31F3N8O3/c29-28(30,31)24-23(42-27(36-24)39-10-4-1-5-11-39)25(40)34-18-8-9-22(33-16-18)37-12-14-38(15-13-37)26(41)35-20-7-3-2-6-19(20)21-17-32-21/h2-3,6-9,16,21,32H,1,4-5,10-15,17H2,(H,34,40)(H,35,41)/t21-/m1/s1. The zero-order chi connectivity index (χ0) is 29.3. The predicted octanol–water partition coefficient (Wildman–Crippen LogP) is 4.33. The van der Waals surface area contributed by atoms with Gasteiger partial charge >= 0.3 is 12.2 Å². The van der Waals surface area contributed by atoms with Gasteiger partial charge in [0.1, 0.15) is 5.82 Å². The Morgan fingerprint density at radius 1 is 0.929 bits per heavy atom. The van der Waals surface area contributed by atoms with Crippen molar-refractivity contribution >= 4 is 35.1 Å². The molecule has 6 rings (SSSR count). The van der Waals surface area contributed by atoms with E-state index in [-0.39, 0.29) is 23.8 Å². The number of halogens is 3. The van der Waals surface area contributed by atoms with E-state index in [1.54, 1.807) is 21.9 Å². The van der Waals surface area contributed by atoms with Gasteiger partial charge in [-0.15, -0.1) is 0 Å². The summed E-state index contributed by atoms with van der Waals surface area (Å²) < 4.78 is 46.3. The molecule has 42 heavy (non-hydrogen) atoms. The maximum absolute atomic E-state index is 13.7. The van der Waals surface area contributed by atoms with Gasteiger partial charge in [-0.3, -0.25) is 4.79 Å². The smallest absolute Gasteiger partial charge is 0.417 e. The average molecular weight is 585 g/mol. The van der Waals surface area contributed by atoms with Gasteiger partial charge in [-0.05, 0) is 43.0 Å². The van der Waals surface area contributed by atoms with E-state index in [4.69, 9.17) is 4.42 Å². The number of urea groups is 1. The van der Waals surface area contributed by atoms with Gasteiger partial charge in [-0.25, -0.2) is 9.78 Å². The molecule has 222 valence electrons. The fraction of sp³-hybridized carbons (Fsp3) is 0.429. The first kappa shape index (κ1) is 27.8. The van der Waals surface area contributed by atoms with Crippen LogP contribution in [0.2, 0.25) is 0 Å². The van der Waals surface area contributed by atoms with E-state index in [1.807, 2.05) is 29.2 Å². The molecule has 0 aliphatic carbocycles. The molecule has 3 fully saturated rings. The Balaban J connectivity index is 1.05. The molecule has 11 nitrogen and oxygen atoms in total. The molecule has 0 spiro atoms. The number of alkyl halides is 3. The molecule has 1 atom stereocenters. The van der Waals surface area contributed by atoms with E-state index >= 15 is 0 Å². The van der Waals surface area contributed by atoms with Crippen molar-refractivity contribution in [3.05, 3.63) is 59.6 Å². The van der Waals surface area contributed by atoms with Crippen LogP contribution in [0, 0.1) is 0 Å². The highest BCUT2D eigenvalue weighted by Crippen LogP contribution is 2.35. The van der Waals surface area contributed by atoms with E-state index in [9.17, 15) is 22.8 Å². The molecule has 3 aliphatic heterocycles. The van der Waals surface area contributed by atoms with Gasteiger partial charge in [-0.1, -0.05) is 18.2 Å². The normalized spacial score (nSPS) is 19.0. The Morgan fingerprint density at radius 2 is 1.67 bits per heavy atom. The van der Waals surface area contributed by atoms with Crippen LogP contribution in [0.25, 0.3) is 0 Å². The number of pyridine rings is 1. The molecule has 3 saturated heterocycles. The molecule has 3 aromatic rings. The monoisotopic (exact) mass is 584 g/mol. The molecular weight excluding hydrogens is 553 g/mol. The minimum atomic E-state index is -4.84. The largest absolute Gasteiger partial charge is 0.437 e. The lowest BCUT2D eigenvalue weighted by atomic mass is 10.1. The zero-order valence-corrected chi connectivity index (χ0v) is 22.8. The zero-order valence-electron chi connectivity index (χ0n) is 22.8. The van der Waals surface area contributed by atoms with Crippen LogP contribution in [0.4, 0.5) is 41.2 Å². The lowest BCUT2D eigenvalue weighted by molar-refractivity contribution is -0.141. The minimum Gasteiger partial charge on any atom is -0.417 e. The summed E-state index contributed by atoms with van der Waals surface area (Å²) in [6.07, 6.45) is -0.845. The van der Waals surface area contributed by atoms with E-state index in [2.05, 4.69) is 25.9 Å². The van der Waals surface area contributed by atoms with Crippen molar-refractivity contribution in [1.29, 1.82) is 0 Å². The summed E-state index contributed by atoms with van der Waals surface area (Å²) in [4.78, 5) is 39.1. The highest BCUT2D eigenvalue weighted by molar-refractivity contribution is 6.03. The van der Waals surface area contributed by atoms with Crippen LogP contribution >= 0.6 is 0 Å². The predicted molar refractivity (Wildman–Crippen MR) is 150 cm³/mol. The second kappa shape index (κ2) is 11.5. The van der Waals surface area contributed by atoms with Crippen molar-refractivity contribution < 1.29 is 27.2 Å². The Bertz CT molecular complexity index is 1430. The summed E-state index contributed by atoms with van der Waals surface area (Å²) in [5, 5.41) is 8.71. The number of hydrogen-bond donors (Lipinski definition) is 3. The number of para-hydroxylation sites is 1. The highest BCUT2D eigenvalue weighted by Gasteiger charge is 2.42. The molecule has 1 aromatic carbocycles. The van der Waals surface area contributed by atoms with Crippen LogP contribution in [-0.2, 0) is 6.18 Å². The molecule has 0 radical (unpaired) electrons. The number of nitrogens with zero attached hydrogens (tertiary/aromatic N) is 5. The number of piperazine rings is 1. The maximum Gasteiger partial charge on any atom is 0.437 e. The second-order valence-corrected chi connectivity index (χ2v) is 10.5. The summed E-state index contributed by atoms with van der Waals surface area (Å²) in [5.41, 5.74) is 0.741. The Labute approximate surface area is 240 Å². The van der Waals surface area contributed by atoms with Crippen molar-refractivity contribution in [3.63, 3.8) is 0 Å².